The van der Waals surface area contributed by atoms with Crippen molar-refractivity contribution < 1.29 is 19.4 Å². The Kier molecular flexibility index (Phi) is 3.03. The Morgan fingerprint density at radius 3 is 2.13 bits per heavy atom. The second-order valence-corrected chi connectivity index (χ2v) is 5.09. The fraction of sp³-hybridized carbons (Fsp3) is 0.556. The molecule has 1 aliphatic carbocycles. The van der Waals surface area contributed by atoms with Gasteiger partial charge in [-0.2, -0.15) is 0 Å². The summed E-state index contributed by atoms with van der Waals surface area (Å²) in [6, 6.07) is 0. The fourth-order valence-electron chi connectivity index (χ4n) is 1.62. The van der Waals surface area contributed by atoms with Gasteiger partial charge in [0.1, 0.15) is 10.8 Å². The molecular weight excluding hydrogens is 243 g/mol. The Balaban J connectivity index is 2.83. The lowest BCUT2D eigenvalue weighted by Crippen LogP contribution is -2.31. The van der Waals surface area contributed by atoms with Crippen LogP contribution >= 0.6 is 23.2 Å². The third kappa shape index (κ3) is 1.96. The summed E-state index contributed by atoms with van der Waals surface area (Å²) in [4.78, 5) is 22.5. The van der Waals surface area contributed by atoms with E-state index >= 15 is 0 Å². The average Bonchev–Trinajstić information content (AvgIpc) is 2.66. The maximum atomic E-state index is 11.5. The lowest BCUT2D eigenvalue weighted by atomic mass is 9.96. The van der Waals surface area contributed by atoms with Crippen LogP contribution < -0.4 is 0 Å². The van der Waals surface area contributed by atoms with Crippen LogP contribution in [0.5, 0.6) is 0 Å². The molecule has 0 aromatic carbocycles. The van der Waals surface area contributed by atoms with Crippen molar-refractivity contribution in [3.05, 3.63) is 10.8 Å². The first-order valence-corrected chi connectivity index (χ1v) is 4.95. The largest absolute Gasteiger partial charge is 0.480 e. The first kappa shape index (κ1) is 12.3. The number of halogens is 2. The summed E-state index contributed by atoms with van der Waals surface area (Å²) in [6.45, 7) is 3.38. The average molecular weight is 253 g/mol. The molecule has 1 atom stereocenters. The number of esters is 1. The summed E-state index contributed by atoms with van der Waals surface area (Å²) in [5, 5.41) is 8.99. The van der Waals surface area contributed by atoms with Crippen molar-refractivity contribution in [1.29, 1.82) is 0 Å². The van der Waals surface area contributed by atoms with Crippen LogP contribution in [0.1, 0.15) is 20.3 Å². The zero-order chi connectivity index (χ0) is 11.9. The molecule has 6 heteroatoms. The van der Waals surface area contributed by atoms with Crippen LogP contribution in [0.15, 0.2) is 10.8 Å². The van der Waals surface area contributed by atoms with Crippen molar-refractivity contribution in [3.63, 3.8) is 0 Å². The van der Waals surface area contributed by atoms with Crippen molar-refractivity contribution in [2.75, 3.05) is 0 Å². The number of carbonyl (C=O) groups is 2. The van der Waals surface area contributed by atoms with Gasteiger partial charge in [-0.05, 0) is 11.8 Å². The number of carboxylic acids is 1. The van der Waals surface area contributed by atoms with Crippen LogP contribution in [0, 0.1) is 10.8 Å². The number of ether oxygens (including phenoxy) is 1. The Morgan fingerprint density at radius 1 is 1.40 bits per heavy atom. The monoisotopic (exact) mass is 252 g/mol. The second kappa shape index (κ2) is 3.68. The predicted molar refractivity (Wildman–Crippen MR) is 54.3 cm³/mol. The van der Waals surface area contributed by atoms with Crippen LogP contribution in [0.25, 0.3) is 0 Å². The van der Waals surface area contributed by atoms with E-state index in [0.717, 1.165) is 6.26 Å². The van der Waals surface area contributed by atoms with Gasteiger partial charge in [0.2, 0.25) is 0 Å². The third-order valence-electron chi connectivity index (χ3n) is 2.71. The summed E-state index contributed by atoms with van der Waals surface area (Å²) in [5.74, 6) is -2.02. The van der Waals surface area contributed by atoms with Crippen molar-refractivity contribution in [2.45, 2.75) is 20.3 Å². The van der Waals surface area contributed by atoms with Crippen molar-refractivity contribution in [1.82, 2.24) is 0 Å². The van der Waals surface area contributed by atoms with Crippen LogP contribution in [-0.2, 0) is 14.3 Å². The Morgan fingerprint density at radius 2 is 1.87 bits per heavy atom. The highest BCUT2D eigenvalue weighted by atomic mass is 35.5. The minimum atomic E-state index is -1.47. The number of hydrogen-bond acceptors (Lipinski definition) is 3. The molecule has 1 rings (SSSR count). The van der Waals surface area contributed by atoms with Crippen molar-refractivity contribution in [3.8, 4) is 0 Å². The van der Waals surface area contributed by atoms with Crippen LogP contribution in [0.3, 0.4) is 0 Å². The van der Waals surface area contributed by atoms with Crippen molar-refractivity contribution >= 4 is 35.1 Å². The minimum Gasteiger partial charge on any atom is -0.480 e. The van der Waals surface area contributed by atoms with E-state index in [1.54, 1.807) is 13.8 Å². The molecule has 0 amide bonds. The number of hydrogen-bond donors (Lipinski definition) is 1. The fourth-order valence-corrected chi connectivity index (χ4v) is 1.71. The number of carboxylic acid groups (broad SMARTS) is 1. The summed E-state index contributed by atoms with van der Waals surface area (Å²) in [5.41, 5.74) is -2.06. The van der Waals surface area contributed by atoms with E-state index in [1.807, 2.05) is 0 Å². The van der Waals surface area contributed by atoms with E-state index in [9.17, 15) is 9.59 Å². The third-order valence-corrected chi connectivity index (χ3v) is 2.88. The molecule has 0 saturated heterocycles. The zero-order valence-corrected chi connectivity index (χ0v) is 9.72. The lowest BCUT2D eigenvalue weighted by molar-refractivity contribution is -0.159. The standard InChI is InChI=1S/C9H10Cl2O4/c1-8(2)4-9(8,6(12)13)7(14)15-3-5(10)11/h3H,4H2,1-2H3,(H,12,13). The molecule has 1 fully saturated rings. The van der Waals surface area contributed by atoms with Gasteiger partial charge in [0, 0.05) is 0 Å². The van der Waals surface area contributed by atoms with Gasteiger partial charge in [0.05, 0.1) is 0 Å². The van der Waals surface area contributed by atoms with E-state index < -0.39 is 22.8 Å². The zero-order valence-electron chi connectivity index (χ0n) is 8.21. The number of aliphatic carboxylic acids is 1. The highest BCUT2D eigenvalue weighted by Gasteiger charge is 2.73. The van der Waals surface area contributed by atoms with E-state index in [-0.39, 0.29) is 10.9 Å². The molecule has 15 heavy (non-hydrogen) atoms. The minimum absolute atomic E-state index is 0.234. The molecule has 0 aliphatic heterocycles. The predicted octanol–water partition coefficient (Wildman–Crippen LogP) is 2.31. The summed E-state index contributed by atoms with van der Waals surface area (Å²) >= 11 is 10.5. The second-order valence-electron chi connectivity index (χ2n) is 4.08. The molecular formula is C9H10Cl2O4. The normalized spacial score (nSPS) is 26.7. The van der Waals surface area contributed by atoms with Gasteiger partial charge >= 0.3 is 11.9 Å². The molecule has 1 aliphatic rings. The maximum absolute atomic E-state index is 11.5. The Labute approximate surface area is 96.8 Å². The molecule has 0 heterocycles. The highest BCUT2D eigenvalue weighted by Crippen LogP contribution is 2.64. The van der Waals surface area contributed by atoms with Crippen LogP contribution in [0.4, 0.5) is 0 Å². The smallest absolute Gasteiger partial charge is 0.328 e. The van der Waals surface area contributed by atoms with Gasteiger partial charge in [-0.3, -0.25) is 9.59 Å². The Hall–Kier alpha value is -0.740. The van der Waals surface area contributed by atoms with Crippen LogP contribution in [-0.4, -0.2) is 17.0 Å². The van der Waals surface area contributed by atoms with Gasteiger partial charge in [0.25, 0.3) is 0 Å². The molecule has 1 N–H and O–H groups in total. The molecule has 0 bridgehead atoms. The quantitative estimate of drug-likeness (QED) is 0.476. The summed E-state index contributed by atoms with van der Waals surface area (Å²) in [7, 11) is 0. The van der Waals surface area contributed by atoms with Crippen molar-refractivity contribution in [2.24, 2.45) is 10.8 Å². The molecule has 0 aromatic rings. The van der Waals surface area contributed by atoms with Crippen LogP contribution in [0.2, 0.25) is 0 Å². The van der Waals surface area contributed by atoms with E-state index in [0.29, 0.717) is 0 Å². The first-order chi connectivity index (χ1) is 6.74. The molecule has 0 spiro atoms. The van der Waals surface area contributed by atoms with E-state index in [1.165, 1.54) is 0 Å². The SMILES string of the molecule is CC1(C)CC1(C(=O)O)C(=O)OC=C(Cl)Cl. The van der Waals surface area contributed by atoms with E-state index in [2.05, 4.69) is 4.74 Å². The first-order valence-electron chi connectivity index (χ1n) is 4.20. The molecule has 84 valence electrons. The van der Waals surface area contributed by atoms with Gasteiger partial charge in [-0.15, -0.1) is 0 Å². The molecule has 0 radical (unpaired) electrons. The lowest BCUT2D eigenvalue weighted by Gasteiger charge is -2.12. The summed E-state index contributed by atoms with van der Waals surface area (Å²) < 4.78 is 4.35. The van der Waals surface area contributed by atoms with Gasteiger partial charge in [0.15, 0.2) is 5.41 Å². The number of carbonyl (C=O) groups excluding carboxylic acids is 1. The molecule has 4 nitrogen and oxygen atoms in total. The summed E-state index contributed by atoms with van der Waals surface area (Å²) in [6.07, 6.45) is 1.08. The molecule has 1 saturated carbocycles. The molecule has 1 unspecified atom stereocenters. The highest BCUT2D eigenvalue weighted by molar-refractivity contribution is 6.55. The van der Waals surface area contributed by atoms with E-state index in [4.69, 9.17) is 28.3 Å². The topological polar surface area (TPSA) is 63.6 Å². The van der Waals surface area contributed by atoms with Gasteiger partial charge < -0.3 is 9.84 Å². The number of rotatable bonds is 3. The maximum Gasteiger partial charge on any atom is 0.328 e. The van der Waals surface area contributed by atoms with Gasteiger partial charge in [-0.25, -0.2) is 0 Å². The Bertz CT molecular complexity index is 344. The molecule has 0 aromatic heterocycles. The van der Waals surface area contributed by atoms with Gasteiger partial charge in [-0.1, -0.05) is 37.0 Å².